The monoisotopic (exact) mass is 444 g/mol. The lowest BCUT2D eigenvalue weighted by molar-refractivity contribution is -0.132. The number of hydrogen-bond donors (Lipinski definition) is 2. The Labute approximate surface area is 195 Å². The van der Waals surface area contributed by atoms with Crippen LogP contribution in [0.15, 0.2) is 28.4 Å². The molecule has 2 N–H and O–H groups in total. The van der Waals surface area contributed by atoms with Gasteiger partial charge in [0.25, 0.3) is 0 Å². The Kier molecular flexibility index (Phi) is 11.5. The summed E-state index contributed by atoms with van der Waals surface area (Å²) in [7, 11) is 0. The molecule has 0 atom stereocenters. The van der Waals surface area contributed by atoms with Gasteiger partial charge < -0.3 is 15.5 Å². The molecule has 1 saturated heterocycles. The van der Waals surface area contributed by atoms with Gasteiger partial charge in [-0.05, 0) is 56.4 Å². The highest BCUT2D eigenvalue weighted by Crippen LogP contribution is 2.23. The summed E-state index contributed by atoms with van der Waals surface area (Å²) in [5.41, 5.74) is 2.41. The summed E-state index contributed by atoms with van der Waals surface area (Å²) < 4.78 is 0. The number of amides is 2. The van der Waals surface area contributed by atoms with E-state index < -0.39 is 0 Å². The Morgan fingerprint density at radius 2 is 1.75 bits per heavy atom. The maximum absolute atomic E-state index is 12.8. The predicted octanol–water partition coefficient (Wildman–Crippen LogP) is 4.58. The Morgan fingerprint density at radius 1 is 1.06 bits per heavy atom. The first-order chi connectivity index (χ1) is 15.5. The second-order valence-corrected chi connectivity index (χ2v) is 9.38. The van der Waals surface area contributed by atoms with Gasteiger partial charge in [0, 0.05) is 38.2 Å². The van der Waals surface area contributed by atoms with Crippen molar-refractivity contribution in [2.45, 2.75) is 85.0 Å². The topological polar surface area (TPSA) is 73.8 Å². The molecule has 0 radical (unpaired) electrons. The summed E-state index contributed by atoms with van der Waals surface area (Å²) in [5, 5.41) is 6.40. The minimum atomic E-state index is -0.0170. The summed E-state index contributed by atoms with van der Waals surface area (Å²) in [6, 6.07) is 0. The molecule has 2 rings (SSSR count). The van der Waals surface area contributed by atoms with Crippen LogP contribution < -0.4 is 10.6 Å². The molecule has 0 aromatic heterocycles. The van der Waals surface area contributed by atoms with Crippen LogP contribution in [0.1, 0.15) is 85.0 Å². The van der Waals surface area contributed by atoms with E-state index in [2.05, 4.69) is 29.1 Å². The van der Waals surface area contributed by atoms with E-state index in [0.717, 1.165) is 63.1 Å². The van der Waals surface area contributed by atoms with Crippen LogP contribution in [0.25, 0.3) is 0 Å². The van der Waals surface area contributed by atoms with E-state index in [9.17, 15) is 9.59 Å². The zero-order valence-electron chi connectivity index (χ0n) is 20.5. The number of nitrogens with one attached hydrogen (secondary N) is 2. The van der Waals surface area contributed by atoms with Crippen LogP contribution in [0.4, 0.5) is 0 Å². The van der Waals surface area contributed by atoms with Crippen molar-refractivity contribution in [3.63, 3.8) is 0 Å². The second kappa shape index (κ2) is 14.1. The number of piperidine rings is 1. The lowest BCUT2D eigenvalue weighted by Crippen LogP contribution is -2.38. The molecular formula is C26H44N4O2. The zero-order valence-corrected chi connectivity index (χ0v) is 20.5. The third-order valence-corrected chi connectivity index (χ3v) is 6.83. The normalized spacial score (nSPS) is 19.0. The van der Waals surface area contributed by atoms with Crippen LogP contribution in [-0.2, 0) is 9.59 Å². The molecule has 6 nitrogen and oxygen atoms in total. The van der Waals surface area contributed by atoms with E-state index in [4.69, 9.17) is 0 Å². The Morgan fingerprint density at radius 3 is 2.38 bits per heavy atom. The Hall–Kier alpha value is -2.11. The molecule has 0 aromatic carbocycles. The first-order valence-electron chi connectivity index (χ1n) is 12.7. The number of likely N-dealkylation sites (tertiary alicyclic amines) is 1. The van der Waals surface area contributed by atoms with Gasteiger partial charge in [-0.2, -0.15) is 0 Å². The van der Waals surface area contributed by atoms with Crippen molar-refractivity contribution in [3.8, 4) is 0 Å². The van der Waals surface area contributed by atoms with E-state index >= 15 is 0 Å². The lowest BCUT2D eigenvalue weighted by atomic mass is 9.89. The molecule has 2 amide bonds. The summed E-state index contributed by atoms with van der Waals surface area (Å²) in [4.78, 5) is 31.2. The number of hydrogen-bond acceptors (Lipinski definition) is 3. The van der Waals surface area contributed by atoms with E-state index in [1.807, 2.05) is 18.7 Å². The summed E-state index contributed by atoms with van der Waals surface area (Å²) in [6.07, 6.45) is 12.4. The van der Waals surface area contributed by atoms with Gasteiger partial charge in [0.05, 0.1) is 12.0 Å². The molecule has 0 unspecified atom stereocenters. The average molecular weight is 445 g/mol. The molecule has 1 saturated carbocycles. The van der Waals surface area contributed by atoms with Crippen molar-refractivity contribution >= 4 is 18.2 Å². The van der Waals surface area contributed by atoms with Crippen LogP contribution in [-0.4, -0.2) is 49.2 Å². The van der Waals surface area contributed by atoms with Crippen LogP contribution in [0.5, 0.6) is 0 Å². The molecule has 2 fully saturated rings. The molecule has 0 bridgehead atoms. The maximum Gasteiger partial charge on any atom is 0.249 e. The maximum atomic E-state index is 12.8. The van der Waals surface area contributed by atoms with Gasteiger partial charge in [0.1, 0.15) is 0 Å². The van der Waals surface area contributed by atoms with Gasteiger partial charge in [-0.1, -0.05) is 46.1 Å². The standard InChI is InChI=1S/C26H44N4O2/c1-5-10-20(3)25(21(4)26(32)28-18-22-11-8-7-9-12-22)29-19-27-17-23-13-15-30(16-14-23)24(31)6-2/h19,22-23H,3,5-18H2,1-2,4H3,(H,27,29)(H,28,32)/b25-21-. The van der Waals surface area contributed by atoms with Gasteiger partial charge in [-0.3, -0.25) is 14.6 Å². The van der Waals surface area contributed by atoms with Crippen molar-refractivity contribution in [2.75, 3.05) is 26.2 Å². The first kappa shape index (κ1) is 26.1. The smallest absolute Gasteiger partial charge is 0.249 e. The number of allylic oxidation sites excluding steroid dienone is 1. The molecule has 6 heteroatoms. The number of carbonyl (C=O) groups excluding carboxylic acids is 2. The van der Waals surface area contributed by atoms with Crippen LogP contribution >= 0.6 is 0 Å². The van der Waals surface area contributed by atoms with Gasteiger partial charge >= 0.3 is 0 Å². The van der Waals surface area contributed by atoms with E-state index in [0.29, 0.717) is 23.8 Å². The van der Waals surface area contributed by atoms with E-state index in [1.54, 1.807) is 6.34 Å². The van der Waals surface area contributed by atoms with Crippen LogP contribution in [0.2, 0.25) is 0 Å². The van der Waals surface area contributed by atoms with Gasteiger partial charge in [0.15, 0.2) is 0 Å². The van der Waals surface area contributed by atoms with Crippen LogP contribution in [0.3, 0.4) is 0 Å². The van der Waals surface area contributed by atoms with Gasteiger partial charge in [0.2, 0.25) is 11.8 Å². The molecule has 1 heterocycles. The third kappa shape index (κ3) is 8.44. The summed E-state index contributed by atoms with van der Waals surface area (Å²) >= 11 is 0. The Bertz CT molecular complexity index is 684. The summed E-state index contributed by atoms with van der Waals surface area (Å²) in [5.74, 6) is 1.34. The van der Waals surface area contributed by atoms with Crippen LogP contribution in [0, 0.1) is 11.8 Å². The molecule has 0 spiro atoms. The van der Waals surface area contributed by atoms with Crippen molar-refractivity contribution in [1.82, 2.24) is 15.5 Å². The second-order valence-electron chi connectivity index (χ2n) is 9.38. The SMILES string of the molecule is C=C(CCC)/C(NC=NCC1CCN(C(=O)CC)CC1)=C(\C)C(=O)NCC1CCCCC1. The highest BCUT2D eigenvalue weighted by atomic mass is 16.2. The first-order valence-corrected chi connectivity index (χ1v) is 12.7. The van der Waals surface area contributed by atoms with Crippen molar-refractivity contribution in [3.05, 3.63) is 23.4 Å². The minimum absolute atomic E-state index is 0.0170. The molecule has 1 aliphatic carbocycles. The number of carbonyl (C=O) groups is 2. The largest absolute Gasteiger partial charge is 0.352 e. The third-order valence-electron chi connectivity index (χ3n) is 6.83. The fraction of sp³-hybridized carbons (Fsp3) is 0.731. The molecule has 1 aliphatic heterocycles. The zero-order chi connectivity index (χ0) is 23.3. The molecule has 32 heavy (non-hydrogen) atoms. The quantitative estimate of drug-likeness (QED) is 0.212. The number of nitrogens with zero attached hydrogens (tertiary/aromatic N) is 2. The fourth-order valence-corrected chi connectivity index (χ4v) is 4.68. The molecule has 180 valence electrons. The van der Waals surface area contributed by atoms with E-state index in [-0.39, 0.29) is 11.8 Å². The van der Waals surface area contributed by atoms with Crippen molar-refractivity contribution < 1.29 is 9.59 Å². The Balaban J connectivity index is 1.88. The lowest BCUT2D eigenvalue weighted by Gasteiger charge is -2.31. The van der Waals surface area contributed by atoms with Gasteiger partial charge in [-0.25, -0.2) is 0 Å². The van der Waals surface area contributed by atoms with Crippen molar-refractivity contribution in [2.24, 2.45) is 16.8 Å². The predicted molar refractivity (Wildman–Crippen MR) is 132 cm³/mol. The highest BCUT2D eigenvalue weighted by molar-refractivity contribution is 5.94. The molecular weight excluding hydrogens is 400 g/mol. The molecule has 0 aromatic rings. The minimum Gasteiger partial charge on any atom is -0.352 e. The fourth-order valence-electron chi connectivity index (χ4n) is 4.68. The van der Waals surface area contributed by atoms with Gasteiger partial charge in [-0.15, -0.1) is 0 Å². The van der Waals surface area contributed by atoms with E-state index in [1.165, 1.54) is 32.1 Å². The average Bonchev–Trinajstić information content (AvgIpc) is 2.82. The number of rotatable bonds is 11. The van der Waals surface area contributed by atoms with Crippen molar-refractivity contribution in [1.29, 1.82) is 0 Å². The number of aliphatic imine (C=N–C) groups is 1. The summed E-state index contributed by atoms with van der Waals surface area (Å²) in [6.45, 7) is 13.3. The molecule has 2 aliphatic rings. The highest BCUT2D eigenvalue weighted by Gasteiger charge is 2.21.